The normalized spacial score (nSPS) is 12.4. The first kappa shape index (κ1) is 11.7. The zero-order valence-electron chi connectivity index (χ0n) is 9.11. The summed E-state index contributed by atoms with van der Waals surface area (Å²) in [5, 5.41) is 0. The van der Waals surface area contributed by atoms with Gasteiger partial charge in [-0.25, -0.2) is 8.78 Å². The number of pyridine rings is 1. The lowest BCUT2D eigenvalue weighted by Gasteiger charge is -2.13. The molecule has 1 aromatic heterocycles. The molecule has 4 heteroatoms. The molecule has 0 aliphatic carbocycles. The van der Waals surface area contributed by atoms with Crippen molar-refractivity contribution in [1.29, 1.82) is 0 Å². The highest BCUT2D eigenvalue weighted by molar-refractivity contribution is 5.23. The summed E-state index contributed by atoms with van der Waals surface area (Å²) in [5.41, 5.74) is 6.70. The Balaban J connectivity index is 2.20. The summed E-state index contributed by atoms with van der Waals surface area (Å²) in [7, 11) is 0. The van der Waals surface area contributed by atoms with E-state index in [1.807, 2.05) is 0 Å². The molecule has 2 aromatic rings. The van der Waals surface area contributed by atoms with Gasteiger partial charge in [0.25, 0.3) is 0 Å². The minimum absolute atomic E-state index is 0.258. The second-order valence-corrected chi connectivity index (χ2v) is 3.80. The summed E-state index contributed by atoms with van der Waals surface area (Å²) in [4.78, 5) is 3.65. The van der Waals surface area contributed by atoms with Crippen molar-refractivity contribution in [2.75, 3.05) is 0 Å². The lowest BCUT2D eigenvalue weighted by molar-refractivity contribution is 0.559. The van der Waals surface area contributed by atoms with Crippen molar-refractivity contribution in [1.82, 2.24) is 4.98 Å². The summed E-state index contributed by atoms with van der Waals surface area (Å²) in [6.07, 6.45) is 2.84. The topological polar surface area (TPSA) is 38.9 Å². The molecule has 2 rings (SSSR count). The second-order valence-electron chi connectivity index (χ2n) is 3.80. The Morgan fingerprint density at radius 3 is 2.59 bits per heavy atom. The second kappa shape index (κ2) is 5.01. The van der Waals surface area contributed by atoms with E-state index in [9.17, 15) is 8.78 Å². The fourth-order valence-electron chi connectivity index (χ4n) is 1.70. The van der Waals surface area contributed by atoms with Crippen molar-refractivity contribution in [3.05, 3.63) is 65.5 Å². The van der Waals surface area contributed by atoms with Gasteiger partial charge in [-0.1, -0.05) is 18.2 Å². The van der Waals surface area contributed by atoms with Gasteiger partial charge in [0.05, 0.1) is 6.20 Å². The van der Waals surface area contributed by atoms with Crippen molar-refractivity contribution in [2.24, 2.45) is 5.73 Å². The first-order valence-electron chi connectivity index (χ1n) is 5.27. The van der Waals surface area contributed by atoms with Gasteiger partial charge in [-0.15, -0.1) is 0 Å². The van der Waals surface area contributed by atoms with E-state index in [-0.39, 0.29) is 12.2 Å². The lowest BCUT2D eigenvalue weighted by Crippen LogP contribution is -2.15. The Kier molecular flexibility index (Phi) is 3.44. The molecule has 2 N–H and O–H groups in total. The molecule has 0 amide bonds. The summed E-state index contributed by atoms with van der Waals surface area (Å²) in [6.45, 7) is 0. The molecule has 2 nitrogen and oxygen atoms in total. The molecule has 1 atom stereocenters. The van der Waals surface area contributed by atoms with E-state index >= 15 is 0 Å². The van der Waals surface area contributed by atoms with E-state index < -0.39 is 11.9 Å². The van der Waals surface area contributed by atoms with E-state index in [0.717, 1.165) is 6.20 Å². The maximum Gasteiger partial charge on any atom is 0.146 e. The van der Waals surface area contributed by atoms with Gasteiger partial charge < -0.3 is 5.73 Å². The summed E-state index contributed by atoms with van der Waals surface area (Å²) in [6, 6.07) is 7.29. The lowest BCUT2D eigenvalue weighted by atomic mass is 10.00. The van der Waals surface area contributed by atoms with Crippen LogP contribution in [0.5, 0.6) is 0 Å². The molecule has 0 fully saturated rings. The number of benzene rings is 1. The van der Waals surface area contributed by atoms with Crippen LogP contribution in [0.3, 0.4) is 0 Å². The van der Waals surface area contributed by atoms with Crippen LogP contribution in [0.4, 0.5) is 8.78 Å². The standard InChI is InChI=1S/C13H12F2N2/c14-11-4-2-1-3-9(11)7-13(16)10-5-6-17-8-12(10)15/h1-6,8,13H,7,16H2. The van der Waals surface area contributed by atoms with Crippen LogP contribution in [-0.4, -0.2) is 4.98 Å². The molecular weight excluding hydrogens is 222 g/mol. The molecule has 0 saturated heterocycles. The Bertz CT molecular complexity index is 514. The molecule has 1 heterocycles. The van der Waals surface area contributed by atoms with E-state index in [0.29, 0.717) is 11.1 Å². The van der Waals surface area contributed by atoms with Gasteiger partial charge in [0, 0.05) is 17.8 Å². The molecule has 0 saturated carbocycles. The number of nitrogens with two attached hydrogens (primary N) is 1. The molecule has 1 unspecified atom stereocenters. The first-order valence-corrected chi connectivity index (χ1v) is 5.27. The highest BCUT2D eigenvalue weighted by Crippen LogP contribution is 2.19. The van der Waals surface area contributed by atoms with Crippen LogP contribution in [0.25, 0.3) is 0 Å². The van der Waals surface area contributed by atoms with E-state index in [1.165, 1.54) is 18.3 Å². The quantitative estimate of drug-likeness (QED) is 0.886. The van der Waals surface area contributed by atoms with Crippen LogP contribution in [0.2, 0.25) is 0 Å². The van der Waals surface area contributed by atoms with E-state index in [1.54, 1.807) is 18.2 Å². The minimum atomic E-state index is -0.574. The molecule has 1 aromatic carbocycles. The third-order valence-corrected chi connectivity index (χ3v) is 2.60. The Hall–Kier alpha value is -1.81. The average Bonchev–Trinajstić information content (AvgIpc) is 2.32. The number of hydrogen-bond acceptors (Lipinski definition) is 2. The highest BCUT2D eigenvalue weighted by atomic mass is 19.1. The predicted molar refractivity (Wildman–Crippen MR) is 61.2 cm³/mol. The van der Waals surface area contributed by atoms with Gasteiger partial charge in [0.2, 0.25) is 0 Å². The molecule has 0 aliphatic rings. The van der Waals surface area contributed by atoms with Crippen molar-refractivity contribution in [3.8, 4) is 0 Å². The Labute approximate surface area is 98.1 Å². The molecule has 0 aliphatic heterocycles. The maximum atomic E-state index is 13.4. The van der Waals surface area contributed by atoms with Crippen LogP contribution < -0.4 is 5.73 Å². The van der Waals surface area contributed by atoms with E-state index in [2.05, 4.69) is 4.98 Å². The Morgan fingerprint density at radius 1 is 1.12 bits per heavy atom. The smallest absolute Gasteiger partial charge is 0.146 e. The van der Waals surface area contributed by atoms with Crippen molar-refractivity contribution < 1.29 is 8.78 Å². The third-order valence-electron chi connectivity index (χ3n) is 2.60. The molecular formula is C13H12F2N2. The van der Waals surface area contributed by atoms with Crippen molar-refractivity contribution in [3.63, 3.8) is 0 Å². The number of rotatable bonds is 3. The number of aromatic nitrogens is 1. The highest BCUT2D eigenvalue weighted by Gasteiger charge is 2.13. The summed E-state index contributed by atoms with van der Waals surface area (Å²) >= 11 is 0. The van der Waals surface area contributed by atoms with Gasteiger partial charge in [0.1, 0.15) is 11.6 Å². The van der Waals surface area contributed by atoms with Crippen molar-refractivity contribution >= 4 is 0 Å². The molecule has 0 bridgehead atoms. The zero-order valence-corrected chi connectivity index (χ0v) is 9.11. The number of halogens is 2. The van der Waals surface area contributed by atoms with E-state index in [4.69, 9.17) is 5.73 Å². The van der Waals surface area contributed by atoms with Gasteiger partial charge in [0.15, 0.2) is 0 Å². The van der Waals surface area contributed by atoms with Gasteiger partial charge in [-0.2, -0.15) is 0 Å². The van der Waals surface area contributed by atoms with Gasteiger partial charge in [-0.3, -0.25) is 4.98 Å². The third kappa shape index (κ3) is 2.65. The van der Waals surface area contributed by atoms with Crippen molar-refractivity contribution in [2.45, 2.75) is 12.5 Å². The summed E-state index contributed by atoms with van der Waals surface area (Å²) < 4.78 is 26.8. The van der Waals surface area contributed by atoms with Gasteiger partial charge >= 0.3 is 0 Å². The molecule has 17 heavy (non-hydrogen) atoms. The van der Waals surface area contributed by atoms with Crippen LogP contribution in [0, 0.1) is 11.6 Å². The van der Waals surface area contributed by atoms with Crippen LogP contribution >= 0.6 is 0 Å². The number of nitrogens with zero attached hydrogens (tertiary/aromatic N) is 1. The molecule has 0 radical (unpaired) electrons. The van der Waals surface area contributed by atoms with Crippen LogP contribution in [0.15, 0.2) is 42.7 Å². The predicted octanol–water partition coefficient (Wildman–Crippen LogP) is 2.60. The van der Waals surface area contributed by atoms with Crippen LogP contribution in [0.1, 0.15) is 17.2 Å². The Morgan fingerprint density at radius 2 is 1.88 bits per heavy atom. The SMILES string of the molecule is NC(Cc1ccccc1F)c1ccncc1F. The van der Waals surface area contributed by atoms with Crippen LogP contribution in [-0.2, 0) is 6.42 Å². The minimum Gasteiger partial charge on any atom is -0.324 e. The fourth-order valence-corrected chi connectivity index (χ4v) is 1.70. The maximum absolute atomic E-state index is 13.4. The first-order chi connectivity index (χ1) is 8.18. The monoisotopic (exact) mass is 234 g/mol. The average molecular weight is 234 g/mol. The summed E-state index contributed by atoms with van der Waals surface area (Å²) in [5.74, 6) is -0.784. The zero-order chi connectivity index (χ0) is 12.3. The molecule has 88 valence electrons. The fraction of sp³-hybridized carbons (Fsp3) is 0.154. The molecule has 0 spiro atoms. The van der Waals surface area contributed by atoms with Gasteiger partial charge in [-0.05, 0) is 24.1 Å². The number of hydrogen-bond donors (Lipinski definition) is 1. The largest absolute Gasteiger partial charge is 0.324 e.